The molecule has 14 nitrogen and oxygen atoms in total. The van der Waals surface area contributed by atoms with E-state index >= 15 is 0 Å². The first kappa shape index (κ1) is 28.2. The van der Waals surface area contributed by atoms with Crippen molar-refractivity contribution in [3.05, 3.63) is 72.4 Å². The second-order valence-corrected chi connectivity index (χ2v) is 8.77. The summed E-state index contributed by atoms with van der Waals surface area (Å²) in [6.45, 7) is 5.13. The molecule has 204 valence electrons. The van der Waals surface area contributed by atoms with Crippen molar-refractivity contribution in [1.82, 2.24) is 15.3 Å². The Labute approximate surface area is 222 Å². The van der Waals surface area contributed by atoms with E-state index in [-0.39, 0.29) is 10.9 Å². The summed E-state index contributed by atoms with van der Waals surface area (Å²) in [5, 5.41) is 23.0. The zero-order valence-corrected chi connectivity index (χ0v) is 21.0. The first-order valence-corrected chi connectivity index (χ1v) is 11.3. The third-order valence-corrected chi connectivity index (χ3v) is 4.63. The number of amides is 2. The smallest absolute Gasteiger partial charge is 0.448 e. The molecule has 0 unspecified atom stereocenters. The molecule has 0 saturated heterocycles. The molecule has 1 aromatic heterocycles. The van der Waals surface area contributed by atoms with Crippen molar-refractivity contribution in [1.29, 1.82) is 0 Å². The van der Waals surface area contributed by atoms with Gasteiger partial charge in [-0.2, -0.15) is 0 Å². The highest BCUT2D eigenvalue weighted by molar-refractivity contribution is 5.97. The Bertz CT molecular complexity index is 1310. The summed E-state index contributed by atoms with van der Waals surface area (Å²) in [5.41, 5.74) is 0.959. The Hall–Kier alpha value is -5.40. The summed E-state index contributed by atoms with van der Waals surface area (Å²) in [5.74, 6) is -1.01. The lowest BCUT2D eigenvalue weighted by Crippen LogP contribution is -2.40. The highest BCUT2D eigenvalue weighted by Crippen LogP contribution is 2.23. The van der Waals surface area contributed by atoms with E-state index in [1.54, 1.807) is 75.4 Å². The number of aromatic nitrogens is 2. The molecule has 1 heterocycles. The van der Waals surface area contributed by atoms with Crippen molar-refractivity contribution >= 4 is 35.9 Å². The largest absolute Gasteiger partial charge is 0.533 e. The summed E-state index contributed by atoms with van der Waals surface area (Å²) >= 11 is 0. The van der Waals surface area contributed by atoms with Gasteiger partial charge in [0, 0.05) is 22.7 Å². The van der Waals surface area contributed by atoms with E-state index in [9.17, 15) is 19.2 Å². The topological polar surface area (TPSA) is 190 Å². The molecule has 4 N–H and O–H groups in total. The monoisotopic (exact) mass is 539 g/mol. The highest BCUT2D eigenvalue weighted by atomic mass is 17.0. The number of carboxylic acid groups (broad SMARTS) is 2. The van der Waals surface area contributed by atoms with Gasteiger partial charge in [0.25, 0.3) is 5.91 Å². The third kappa shape index (κ3) is 8.59. The number of hydrogen-bond acceptors (Lipinski definition) is 10. The molecule has 2 aromatic carbocycles. The number of benzene rings is 2. The fourth-order valence-corrected chi connectivity index (χ4v) is 3.15. The number of hydrogen-bond donors (Lipinski definition) is 4. The highest BCUT2D eigenvalue weighted by Gasteiger charge is 2.26. The average Bonchev–Trinajstić information content (AvgIpc) is 2.86. The number of rotatable bonds is 8. The summed E-state index contributed by atoms with van der Waals surface area (Å²) in [4.78, 5) is 63.5. The van der Waals surface area contributed by atoms with Crippen LogP contribution in [0.1, 0.15) is 32.4 Å². The lowest BCUT2D eigenvalue weighted by molar-refractivity contribution is -0.118. The molecule has 0 aliphatic carbocycles. The van der Waals surface area contributed by atoms with Gasteiger partial charge in [-0.25, -0.2) is 24.4 Å². The minimum atomic E-state index is -1.85. The number of nitrogens with one attached hydrogen (secondary N) is 2. The Morgan fingerprint density at radius 1 is 0.897 bits per heavy atom. The van der Waals surface area contributed by atoms with Crippen LogP contribution in [0, 0.1) is 0 Å². The molecular weight excluding hydrogens is 514 g/mol. The third-order valence-electron chi connectivity index (χ3n) is 4.63. The van der Waals surface area contributed by atoms with Gasteiger partial charge >= 0.3 is 24.4 Å². The van der Waals surface area contributed by atoms with E-state index in [2.05, 4.69) is 30.3 Å². The summed E-state index contributed by atoms with van der Waals surface area (Å²) in [6.07, 6.45) is -3.21. The van der Waals surface area contributed by atoms with E-state index in [0.717, 1.165) is 0 Å². The molecule has 3 aromatic rings. The molecule has 0 bridgehead atoms. The van der Waals surface area contributed by atoms with Crippen LogP contribution in [0.2, 0.25) is 0 Å². The van der Waals surface area contributed by atoms with Crippen molar-refractivity contribution in [2.45, 2.75) is 32.4 Å². The number of ether oxygens (including phenoxy) is 1. The molecule has 0 aliphatic heterocycles. The standard InChI is InChI=1S/C25H25N5O9/c1-25(2,3)37-22(32)29-19(16-7-5-4-6-8-16)20(31)27-17-11-9-15(10-12-17)18-13-14-26-21(28-18)30(38-23(33)34)39-24(35)36/h4-14,19H,1-3H3,(H,27,31)(H,29,32)(H,33,34)(H,35,36)/t19-/m0/s1. The molecule has 39 heavy (non-hydrogen) atoms. The van der Waals surface area contributed by atoms with Crippen LogP contribution in [0.5, 0.6) is 0 Å². The number of carbonyl (C=O) groups is 4. The quantitative estimate of drug-likeness (QED) is 0.296. The molecule has 0 aliphatic rings. The maximum Gasteiger partial charge on any atom is 0.533 e. The van der Waals surface area contributed by atoms with Crippen molar-refractivity contribution in [3.8, 4) is 11.3 Å². The first-order valence-electron chi connectivity index (χ1n) is 11.3. The minimum Gasteiger partial charge on any atom is -0.448 e. The van der Waals surface area contributed by atoms with Gasteiger partial charge in [0.2, 0.25) is 0 Å². The summed E-state index contributed by atoms with van der Waals surface area (Å²) < 4.78 is 5.30. The number of nitrogens with zero attached hydrogens (tertiary/aromatic N) is 3. The van der Waals surface area contributed by atoms with Crippen molar-refractivity contribution in [2.24, 2.45) is 0 Å². The Balaban J connectivity index is 1.78. The Kier molecular flexibility index (Phi) is 8.83. The zero-order valence-electron chi connectivity index (χ0n) is 21.0. The van der Waals surface area contributed by atoms with Crippen LogP contribution < -0.4 is 15.9 Å². The van der Waals surface area contributed by atoms with Crippen LogP contribution in [0.3, 0.4) is 0 Å². The van der Waals surface area contributed by atoms with Gasteiger partial charge in [-0.15, -0.1) is 0 Å². The normalized spacial score (nSPS) is 11.5. The van der Waals surface area contributed by atoms with Crippen molar-refractivity contribution in [3.63, 3.8) is 0 Å². The molecular formula is C25H25N5O9. The second kappa shape index (κ2) is 12.2. The first-order chi connectivity index (χ1) is 18.4. The van der Waals surface area contributed by atoms with Crippen LogP contribution >= 0.6 is 0 Å². The van der Waals surface area contributed by atoms with Crippen LogP contribution in [0.15, 0.2) is 66.9 Å². The van der Waals surface area contributed by atoms with Crippen LogP contribution in [0.4, 0.5) is 26.0 Å². The van der Waals surface area contributed by atoms with Gasteiger partial charge in [-0.05, 0) is 44.5 Å². The lowest BCUT2D eigenvalue weighted by atomic mass is 10.1. The SMILES string of the molecule is CC(C)(C)OC(=O)N[C@H](C(=O)Nc1ccc(-c2ccnc(N(OC(=O)O)OC(=O)O)n2)cc1)c1ccccc1. The van der Waals surface area contributed by atoms with Crippen LogP contribution in [0.25, 0.3) is 11.3 Å². The van der Waals surface area contributed by atoms with Gasteiger partial charge < -0.3 is 25.6 Å². The van der Waals surface area contributed by atoms with E-state index < -0.39 is 41.9 Å². The van der Waals surface area contributed by atoms with Gasteiger partial charge in [0.1, 0.15) is 11.6 Å². The van der Waals surface area contributed by atoms with E-state index in [1.807, 2.05) is 0 Å². The van der Waals surface area contributed by atoms with Gasteiger partial charge in [0.15, 0.2) is 0 Å². The van der Waals surface area contributed by atoms with Gasteiger partial charge in [-0.3, -0.25) is 14.5 Å². The molecule has 0 radical (unpaired) electrons. The molecule has 0 spiro atoms. The molecule has 14 heteroatoms. The number of carbonyl (C=O) groups excluding carboxylic acids is 2. The summed E-state index contributed by atoms with van der Waals surface area (Å²) in [6, 6.07) is 15.4. The Morgan fingerprint density at radius 2 is 1.51 bits per heavy atom. The number of anilines is 2. The molecule has 1 atom stereocenters. The minimum absolute atomic E-state index is 0.0319. The predicted molar refractivity (Wildman–Crippen MR) is 135 cm³/mol. The molecule has 0 saturated carbocycles. The second-order valence-electron chi connectivity index (χ2n) is 8.77. The van der Waals surface area contributed by atoms with Crippen LogP contribution in [-0.4, -0.2) is 50.1 Å². The number of alkyl carbamates (subject to hydrolysis) is 1. The Morgan fingerprint density at radius 3 is 2.08 bits per heavy atom. The summed E-state index contributed by atoms with van der Waals surface area (Å²) in [7, 11) is 0. The maximum absolute atomic E-state index is 13.1. The lowest BCUT2D eigenvalue weighted by Gasteiger charge is -2.23. The van der Waals surface area contributed by atoms with E-state index in [4.69, 9.17) is 14.9 Å². The van der Waals surface area contributed by atoms with Crippen molar-refractivity contribution in [2.75, 3.05) is 10.5 Å². The zero-order chi connectivity index (χ0) is 28.6. The predicted octanol–water partition coefficient (Wildman–Crippen LogP) is 4.37. The van der Waals surface area contributed by atoms with E-state index in [1.165, 1.54) is 12.3 Å². The van der Waals surface area contributed by atoms with Crippen molar-refractivity contribution < 1.29 is 43.8 Å². The van der Waals surface area contributed by atoms with Gasteiger partial charge in [0.05, 0.1) is 5.69 Å². The average molecular weight is 540 g/mol. The molecule has 0 fully saturated rings. The van der Waals surface area contributed by atoms with E-state index in [0.29, 0.717) is 16.8 Å². The molecule has 3 rings (SSSR count). The van der Waals surface area contributed by atoms with Gasteiger partial charge in [-0.1, -0.05) is 42.5 Å². The molecule has 2 amide bonds. The fraction of sp³-hybridized carbons (Fsp3) is 0.200. The maximum atomic E-state index is 13.1. The fourth-order valence-electron chi connectivity index (χ4n) is 3.15. The van der Waals surface area contributed by atoms with Crippen LogP contribution in [-0.2, 0) is 19.2 Å².